The lowest BCUT2D eigenvalue weighted by atomic mass is 9.95. The van der Waals surface area contributed by atoms with Gasteiger partial charge in [0.2, 0.25) is 0 Å². The molecule has 1 fully saturated rings. The van der Waals surface area contributed by atoms with Crippen LogP contribution in [0.5, 0.6) is 5.75 Å². The average Bonchev–Trinajstić information content (AvgIpc) is 2.76. The highest BCUT2D eigenvalue weighted by atomic mass is 19.4. The van der Waals surface area contributed by atoms with Crippen molar-refractivity contribution in [3.05, 3.63) is 23.3 Å². The van der Waals surface area contributed by atoms with Gasteiger partial charge in [-0.05, 0) is 59.6 Å². The Morgan fingerprint density at radius 2 is 1.92 bits per heavy atom. The minimum absolute atomic E-state index is 0.0121. The molecule has 2 atom stereocenters. The van der Waals surface area contributed by atoms with Gasteiger partial charge in [0.05, 0.1) is 22.9 Å². The molecule has 0 aliphatic carbocycles. The van der Waals surface area contributed by atoms with Crippen LogP contribution in [0.4, 0.5) is 23.7 Å². The highest BCUT2D eigenvalue weighted by Crippen LogP contribution is 2.44. The van der Waals surface area contributed by atoms with Crippen LogP contribution in [0.2, 0.25) is 0 Å². The molecule has 3 N–H and O–H groups in total. The molecule has 0 saturated carbocycles. The zero-order valence-corrected chi connectivity index (χ0v) is 21.1. The average molecular weight is 515 g/mol. The molecular weight excluding hydrogens is 481 g/mol. The van der Waals surface area contributed by atoms with Crippen molar-refractivity contribution in [1.29, 1.82) is 0 Å². The maximum Gasteiger partial charge on any atom is 0.417 e. The lowest BCUT2D eigenvalue weighted by molar-refractivity contribution is -0.138. The number of carboxylic acid groups (broad SMARTS) is 1. The zero-order chi connectivity index (χ0) is 27.2. The SMILES string of the molecule is CC(C)N(C(=O)c1cc2c(cc1C(F)(F)F)OC(C)(C)C(=O)N2CCN)[C@@H]1CC[C@H](C)N(C(=O)O)C1. The van der Waals surface area contributed by atoms with Gasteiger partial charge < -0.3 is 30.3 Å². The van der Waals surface area contributed by atoms with Gasteiger partial charge in [-0.3, -0.25) is 9.59 Å². The van der Waals surface area contributed by atoms with Crippen LogP contribution in [0.15, 0.2) is 12.1 Å². The van der Waals surface area contributed by atoms with Crippen LogP contribution in [0.25, 0.3) is 0 Å². The third-order valence-electron chi connectivity index (χ3n) is 6.69. The first-order chi connectivity index (χ1) is 16.6. The highest BCUT2D eigenvalue weighted by Gasteiger charge is 2.45. The number of ether oxygens (including phenoxy) is 1. The Hall–Kier alpha value is -3.02. The molecule has 1 saturated heterocycles. The number of fused-ring (bicyclic) bond motifs is 1. The first-order valence-electron chi connectivity index (χ1n) is 11.9. The van der Waals surface area contributed by atoms with E-state index >= 15 is 0 Å². The molecule has 12 heteroatoms. The molecule has 2 aliphatic heterocycles. The summed E-state index contributed by atoms with van der Waals surface area (Å²) in [6.45, 7) is 8.06. The van der Waals surface area contributed by atoms with Crippen molar-refractivity contribution >= 4 is 23.6 Å². The van der Waals surface area contributed by atoms with Crippen molar-refractivity contribution in [2.24, 2.45) is 5.73 Å². The van der Waals surface area contributed by atoms with E-state index in [-0.39, 0.29) is 37.1 Å². The van der Waals surface area contributed by atoms with Gasteiger partial charge in [0.15, 0.2) is 5.60 Å². The molecule has 1 aromatic carbocycles. The summed E-state index contributed by atoms with van der Waals surface area (Å²) in [6, 6.07) is 0.401. The molecule has 2 heterocycles. The molecular formula is C24H33F3N4O5. The second kappa shape index (κ2) is 9.79. The topological polar surface area (TPSA) is 116 Å². The fourth-order valence-electron chi connectivity index (χ4n) is 4.92. The first kappa shape index (κ1) is 27.6. The summed E-state index contributed by atoms with van der Waals surface area (Å²) >= 11 is 0. The number of carbonyl (C=O) groups is 3. The number of alkyl halides is 3. The Morgan fingerprint density at radius 1 is 1.28 bits per heavy atom. The largest absolute Gasteiger partial charge is 0.476 e. The van der Waals surface area contributed by atoms with Crippen LogP contribution >= 0.6 is 0 Å². The van der Waals surface area contributed by atoms with Gasteiger partial charge in [-0.25, -0.2) is 4.79 Å². The molecule has 0 unspecified atom stereocenters. The van der Waals surface area contributed by atoms with E-state index in [0.717, 1.165) is 12.1 Å². The molecule has 200 valence electrons. The third-order valence-corrected chi connectivity index (χ3v) is 6.69. The first-order valence-corrected chi connectivity index (χ1v) is 11.9. The summed E-state index contributed by atoms with van der Waals surface area (Å²) in [5.41, 5.74) is 2.46. The van der Waals surface area contributed by atoms with Crippen molar-refractivity contribution in [2.45, 2.75) is 77.4 Å². The number of halogens is 3. The normalized spacial score (nSPS) is 21.8. The smallest absolute Gasteiger partial charge is 0.417 e. The van der Waals surface area contributed by atoms with Gasteiger partial charge in [0, 0.05) is 31.7 Å². The second-order valence-electron chi connectivity index (χ2n) is 10.0. The van der Waals surface area contributed by atoms with E-state index in [9.17, 15) is 32.7 Å². The lowest BCUT2D eigenvalue weighted by Crippen LogP contribution is -2.56. The van der Waals surface area contributed by atoms with Crippen LogP contribution in [0, 0.1) is 0 Å². The van der Waals surface area contributed by atoms with Crippen LogP contribution in [0.1, 0.15) is 63.4 Å². The number of piperidine rings is 1. The Kier molecular flexibility index (Phi) is 7.50. The molecule has 1 aromatic rings. The maximum atomic E-state index is 14.2. The van der Waals surface area contributed by atoms with E-state index in [1.807, 2.05) is 0 Å². The van der Waals surface area contributed by atoms with Crippen molar-refractivity contribution in [3.8, 4) is 5.75 Å². The second-order valence-corrected chi connectivity index (χ2v) is 10.0. The van der Waals surface area contributed by atoms with Gasteiger partial charge in [-0.15, -0.1) is 0 Å². The van der Waals surface area contributed by atoms with Crippen molar-refractivity contribution in [1.82, 2.24) is 9.80 Å². The predicted molar refractivity (Wildman–Crippen MR) is 126 cm³/mol. The van der Waals surface area contributed by atoms with E-state index in [1.54, 1.807) is 20.8 Å². The van der Waals surface area contributed by atoms with Gasteiger partial charge >= 0.3 is 12.3 Å². The molecule has 0 bridgehead atoms. The predicted octanol–water partition coefficient (Wildman–Crippen LogP) is 3.55. The number of likely N-dealkylation sites (tertiary alicyclic amines) is 1. The molecule has 3 rings (SSSR count). The van der Waals surface area contributed by atoms with E-state index in [2.05, 4.69) is 0 Å². The number of rotatable bonds is 5. The fourth-order valence-corrected chi connectivity index (χ4v) is 4.92. The molecule has 0 spiro atoms. The van der Waals surface area contributed by atoms with Crippen LogP contribution in [0.3, 0.4) is 0 Å². The Labute approximate surface area is 207 Å². The van der Waals surface area contributed by atoms with E-state index in [1.165, 1.54) is 28.5 Å². The van der Waals surface area contributed by atoms with Crippen molar-refractivity contribution in [3.63, 3.8) is 0 Å². The summed E-state index contributed by atoms with van der Waals surface area (Å²) in [4.78, 5) is 42.1. The molecule has 9 nitrogen and oxygen atoms in total. The monoisotopic (exact) mass is 514 g/mol. The zero-order valence-electron chi connectivity index (χ0n) is 21.1. The summed E-state index contributed by atoms with van der Waals surface area (Å²) in [5.74, 6) is -1.55. The molecule has 0 radical (unpaired) electrons. The quantitative estimate of drug-likeness (QED) is 0.621. The summed E-state index contributed by atoms with van der Waals surface area (Å²) in [6.07, 6.45) is -5.13. The Morgan fingerprint density at radius 3 is 2.44 bits per heavy atom. The van der Waals surface area contributed by atoms with Crippen LogP contribution in [-0.4, -0.2) is 76.2 Å². The van der Waals surface area contributed by atoms with Gasteiger partial charge in [-0.1, -0.05) is 0 Å². The van der Waals surface area contributed by atoms with Gasteiger partial charge in [0.25, 0.3) is 11.8 Å². The van der Waals surface area contributed by atoms with Gasteiger partial charge in [-0.2, -0.15) is 13.2 Å². The maximum absolute atomic E-state index is 14.2. The number of hydrogen-bond donors (Lipinski definition) is 2. The number of nitrogens with zero attached hydrogens (tertiary/aromatic N) is 3. The van der Waals surface area contributed by atoms with Crippen molar-refractivity contribution in [2.75, 3.05) is 24.5 Å². The van der Waals surface area contributed by atoms with Crippen LogP contribution in [-0.2, 0) is 11.0 Å². The molecule has 2 aliphatic rings. The molecule has 0 aromatic heterocycles. The molecule has 3 amide bonds. The third kappa shape index (κ3) is 5.09. The van der Waals surface area contributed by atoms with Crippen molar-refractivity contribution < 1.29 is 37.4 Å². The number of hydrogen-bond acceptors (Lipinski definition) is 5. The van der Waals surface area contributed by atoms with E-state index in [4.69, 9.17) is 10.5 Å². The highest BCUT2D eigenvalue weighted by molar-refractivity contribution is 6.05. The number of benzene rings is 1. The summed E-state index contributed by atoms with van der Waals surface area (Å²) in [7, 11) is 0. The molecule has 36 heavy (non-hydrogen) atoms. The lowest BCUT2D eigenvalue weighted by Gasteiger charge is -2.43. The summed E-state index contributed by atoms with van der Waals surface area (Å²) < 4.78 is 48.2. The summed E-state index contributed by atoms with van der Waals surface area (Å²) in [5, 5.41) is 9.54. The number of nitrogens with two attached hydrogens (primary N) is 1. The van der Waals surface area contributed by atoms with Gasteiger partial charge in [0.1, 0.15) is 5.75 Å². The number of anilines is 1. The fraction of sp³-hybridized carbons (Fsp3) is 0.625. The van der Waals surface area contributed by atoms with E-state index in [0.29, 0.717) is 12.8 Å². The Bertz CT molecular complexity index is 1040. The van der Waals surface area contributed by atoms with Crippen LogP contribution < -0.4 is 15.4 Å². The van der Waals surface area contributed by atoms with E-state index < -0.39 is 52.9 Å². The minimum Gasteiger partial charge on any atom is -0.476 e. The number of amides is 3. The Balaban J connectivity index is 2.14. The standard InChI is InChI=1S/C24H33F3N4O5/c1-13(2)31(15-7-6-14(3)30(12-15)22(34)35)20(32)16-10-18-19(11-17(16)24(25,26)27)36-23(4,5)21(33)29(18)9-8-28/h10-11,13-15H,6-9,12,28H2,1-5H3,(H,34,35)/t14-,15+/m0/s1. The minimum atomic E-state index is -4.88. The number of carbonyl (C=O) groups excluding carboxylic acids is 2.